The fourth-order valence-electron chi connectivity index (χ4n) is 3.46. The highest BCUT2D eigenvalue weighted by atomic mass is 32.2. The Balaban J connectivity index is 1.66. The summed E-state index contributed by atoms with van der Waals surface area (Å²) in [6.07, 6.45) is 0. The molecular formula is C23H23N5OS. The quantitative estimate of drug-likeness (QED) is 0.471. The monoisotopic (exact) mass is 417 g/mol. The highest BCUT2D eigenvalue weighted by Gasteiger charge is 2.25. The highest BCUT2D eigenvalue weighted by molar-refractivity contribution is 8.00. The summed E-state index contributed by atoms with van der Waals surface area (Å²) in [5, 5.41) is 7.64. The van der Waals surface area contributed by atoms with Gasteiger partial charge in [-0.05, 0) is 62.6 Å². The van der Waals surface area contributed by atoms with Gasteiger partial charge in [0.2, 0.25) is 11.1 Å². The van der Waals surface area contributed by atoms with Gasteiger partial charge in [-0.2, -0.15) is 4.98 Å². The van der Waals surface area contributed by atoms with Gasteiger partial charge < -0.3 is 5.32 Å². The Morgan fingerprint density at radius 1 is 0.967 bits per heavy atom. The number of amides is 1. The van der Waals surface area contributed by atoms with Gasteiger partial charge >= 0.3 is 0 Å². The highest BCUT2D eigenvalue weighted by Crippen LogP contribution is 2.35. The molecule has 0 saturated carbocycles. The largest absolute Gasteiger partial charge is 0.325 e. The van der Waals surface area contributed by atoms with Crippen LogP contribution in [0.3, 0.4) is 0 Å². The van der Waals surface area contributed by atoms with Crippen LogP contribution in [0, 0.1) is 27.7 Å². The number of hydrogen-bond acceptors (Lipinski definition) is 5. The summed E-state index contributed by atoms with van der Waals surface area (Å²) in [5.41, 5.74) is 5.73. The van der Waals surface area contributed by atoms with Gasteiger partial charge in [0.1, 0.15) is 5.25 Å². The van der Waals surface area contributed by atoms with Gasteiger partial charge in [0.15, 0.2) is 0 Å². The minimum atomic E-state index is -0.495. The van der Waals surface area contributed by atoms with Crippen molar-refractivity contribution in [2.45, 2.75) is 38.1 Å². The predicted octanol–water partition coefficient (Wildman–Crippen LogP) is 4.83. The third-order valence-electron chi connectivity index (χ3n) is 4.65. The minimum absolute atomic E-state index is 0.115. The number of nitrogens with zero attached hydrogens (tertiary/aromatic N) is 4. The summed E-state index contributed by atoms with van der Waals surface area (Å²) in [7, 11) is 0. The number of aromatic nitrogens is 4. The van der Waals surface area contributed by atoms with E-state index in [9.17, 15) is 4.79 Å². The van der Waals surface area contributed by atoms with Crippen LogP contribution in [0.5, 0.6) is 0 Å². The number of carbonyl (C=O) groups is 1. The molecule has 4 rings (SSSR count). The van der Waals surface area contributed by atoms with E-state index in [1.165, 1.54) is 11.8 Å². The maximum Gasteiger partial charge on any atom is 0.253 e. The summed E-state index contributed by atoms with van der Waals surface area (Å²) in [6, 6.07) is 17.7. The summed E-state index contributed by atoms with van der Waals surface area (Å²) in [6.45, 7) is 7.93. The average Bonchev–Trinajstić information content (AvgIpc) is 3.09. The van der Waals surface area contributed by atoms with Gasteiger partial charge in [-0.25, -0.2) is 9.50 Å². The van der Waals surface area contributed by atoms with E-state index in [0.717, 1.165) is 33.8 Å². The second-order valence-corrected chi connectivity index (χ2v) is 8.49. The Bertz CT molecular complexity index is 1200. The maximum atomic E-state index is 13.3. The minimum Gasteiger partial charge on any atom is -0.325 e. The smallest absolute Gasteiger partial charge is 0.253 e. The number of hydrogen-bond donors (Lipinski definition) is 1. The van der Waals surface area contributed by atoms with Crippen molar-refractivity contribution in [3.63, 3.8) is 0 Å². The van der Waals surface area contributed by atoms with Crippen molar-refractivity contribution >= 4 is 29.1 Å². The first kappa shape index (κ1) is 20.1. The van der Waals surface area contributed by atoms with E-state index < -0.39 is 5.25 Å². The van der Waals surface area contributed by atoms with Crippen LogP contribution in [0.25, 0.3) is 5.78 Å². The van der Waals surface area contributed by atoms with Gasteiger partial charge in [-0.1, -0.05) is 48.2 Å². The molecule has 1 atom stereocenters. The third kappa shape index (κ3) is 4.36. The Kier molecular flexibility index (Phi) is 5.55. The van der Waals surface area contributed by atoms with Gasteiger partial charge in [0.05, 0.1) is 0 Å². The Morgan fingerprint density at radius 2 is 1.67 bits per heavy atom. The van der Waals surface area contributed by atoms with Crippen molar-refractivity contribution in [3.8, 4) is 0 Å². The molecule has 1 amide bonds. The Labute approximate surface area is 179 Å². The first-order chi connectivity index (χ1) is 14.4. The lowest BCUT2D eigenvalue weighted by Crippen LogP contribution is -2.19. The second-order valence-electron chi connectivity index (χ2n) is 7.42. The number of carbonyl (C=O) groups excluding carboxylic acids is 1. The Morgan fingerprint density at radius 3 is 2.37 bits per heavy atom. The van der Waals surface area contributed by atoms with Gasteiger partial charge in [-0.3, -0.25) is 4.79 Å². The van der Waals surface area contributed by atoms with Gasteiger partial charge in [0, 0.05) is 17.1 Å². The molecule has 2 aromatic carbocycles. The number of thioether (sulfide) groups is 1. The first-order valence-corrected chi connectivity index (χ1v) is 10.6. The standard InChI is InChI=1S/C23H23N5OS/c1-14-10-15(2)12-19(11-14)25-21(29)20(18-8-6-5-7-9-18)30-23-26-22-24-16(3)13-17(4)28(22)27-23/h5-13,20H,1-4H3,(H,25,29)/t20-/m1/s1. The number of fused-ring (bicyclic) bond motifs is 1. The molecule has 0 bridgehead atoms. The normalized spacial score (nSPS) is 12.1. The first-order valence-electron chi connectivity index (χ1n) is 9.71. The summed E-state index contributed by atoms with van der Waals surface area (Å²) < 4.78 is 1.71. The SMILES string of the molecule is Cc1cc(C)cc(NC(=O)[C@H](Sc2nc3nc(C)cc(C)n3n2)c2ccccc2)c1. The number of nitrogens with one attached hydrogen (secondary N) is 1. The lowest BCUT2D eigenvalue weighted by atomic mass is 10.1. The molecule has 4 aromatic rings. The molecule has 2 heterocycles. The lowest BCUT2D eigenvalue weighted by Gasteiger charge is -2.16. The zero-order valence-electron chi connectivity index (χ0n) is 17.4. The topological polar surface area (TPSA) is 72.2 Å². The number of aryl methyl sites for hydroxylation is 4. The van der Waals surface area contributed by atoms with Crippen LogP contribution in [-0.4, -0.2) is 25.5 Å². The van der Waals surface area contributed by atoms with Crippen molar-refractivity contribution in [1.82, 2.24) is 19.6 Å². The van der Waals surface area contributed by atoms with Crippen LogP contribution in [0.4, 0.5) is 5.69 Å². The van der Waals surface area contributed by atoms with E-state index in [4.69, 9.17) is 0 Å². The molecule has 7 heteroatoms. The van der Waals surface area contributed by atoms with E-state index in [0.29, 0.717) is 10.9 Å². The fraction of sp³-hybridized carbons (Fsp3) is 0.217. The summed E-state index contributed by atoms with van der Waals surface area (Å²) in [4.78, 5) is 22.3. The third-order valence-corrected chi connectivity index (χ3v) is 5.76. The molecule has 6 nitrogen and oxygen atoms in total. The Hall–Kier alpha value is -3.19. The van der Waals surface area contributed by atoms with E-state index in [2.05, 4.69) is 26.4 Å². The van der Waals surface area contributed by atoms with Crippen molar-refractivity contribution < 1.29 is 4.79 Å². The molecule has 0 aliphatic rings. The van der Waals surface area contributed by atoms with Crippen LogP contribution in [-0.2, 0) is 4.79 Å². The number of anilines is 1. The summed E-state index contributed by atoms with van der Waals surface area (Å²) >= 11 is 1.32. The zero-order chi connectivity index (χ0) is 21.3. The molecule has 0 spiro atoms. The summed E-state index contributed by atoms with van der Waals surface area (Å²) in [5.74, 6) is 0.424. The molecular weight excluding hydrogens is 394 g/mol. The zero-order valence-corrected chi connectivity index (χ0v) is 18.2. The lowest BCUT2D eigenvalue weighted by molar-refractivity contribution is -0.115. The molecule has 30 heavy (non-hydrogen) atoms. The van der Waals surface area contributed by atoms with Crippen molar-refractivity contribution in [2.75, 3.05) is 5.32 Å². The van der Waals surface area contributed by atoms with Crippen LogP contribution in [0.2, 0.25) is 0 Å². The van der Waals surface area contributed by atoms with E-state index >= 15 is 0 Å². The van der Waals surface area contributed by atoms with Gasteiger partial charge in [0.25, 0.3) is 5.78 Å². The molecule has 0 fully saturated rings. The molecule has 0 radical (unpaired) electrons. The van der Waals surface area contributed by atoms with Crippen molar-refractivity contribution in [3.05, 3.63) is 82.7 Å². The molecule has 0 unspecified atom stereocenters. The van der Waals surface area contributed by atoms with Crippen LogP contribution < -0.4 is 5.32 Å². The predicted molar refractivity (Wildman–Crippen MR) is 120 cm³/mol. The number of benzene rings is 2. The number of rotatable bonds is 5. The molecule has 0 saturated heterocycles. The van der Waals surface area contributed by atoms with Gasteiger partial charge in [-0.15, -0.1) is 5.10 Å². The van der Waals surface area contributed by atoms with E-state index in [1.54, 1.807) is 4.52 Å². The van der Waals surface area contributed by atoms with Crippen LogP contribution in [0.15, 0.2) is 59.8 Å². The molecule has 2 aromatic heterocycles. The molecule has 0 aliphatic heterocycles. The molecule has 152 valence electrons. The van der Waals surface area contributed by atoms with Crippen molar-refractivity contribution in [2.24, 2.45) is 0 Å². The van der Waals surface area contributed by atoms with Crippen LogP contribution in [0.1, 0.15) is 33.3 Å². The molecule has 0 aliphatic carbocycles. The van der Waals surface area contributed by atoms with Crippen molar-refractivity contribution in [1.29, 1.82) is 0 Å². The maximum absolute atomic E-state index is 13.3. The second kappa shape index (κ2) is 8.28. The fourth-order valence-corrected chi connectivity index (χ4v) is 4.39. The van der Waals surface area contributed by atoms with Crippen LogP contribution >= 0.6 is 11.8 Å². The van der Waals surface area contributed by atoms with E-state index in [-0.39, 0.29) is 5.91 Å². The van der Waals surface area contributed by atoms with E-state index in [1.807, 2.05) is 76.2 Å². The molecule has 1 N–H and O–H groups in total. The average molecular weight is 418 g/mol.